The van der Waals surface area contributed by atoms with Crippen molar-refractivity contribution >= 4 is 77.6 Å². The summed E-state index contributed by atoms with van der Waals surface area (Å²) in [5.74, 6) is 1.41. The fourth-order valence-corrected chi connectivity index (χ4v) is 3.47. The Morgan fingerprint density at radius 1 is 0.957 bits per heavy atom. The van der Waals surface area contributed by atoms with Gasteiger partial charge in [-0.1, -0.05) is 11.5 Å². The highest BCUT2D eigenvalue weighted by molar-refractivity contribution is 7.60. The summed E-state index contributed by atoms with van der Waals surface area (Å²) in [5, 5.41) is 13.5. The van der Waals surface area contributed by atoms with Gasteiger partial charge in [0.2, 0.25) is 0 Å². The standard InChI is InChI=1S/C15H21N3O4.C10H13N3O2.C5H4.B5/c1-15(2,3)22-14(20)18-7-8-21-12-6-5-10(9-11(12)18)17-13(19)16-4;1-11-10(14)13-7-2-3-9-8(6-7)12-4-5-15-9;1-3-5-4-2;1-4-5(2)3/h5-6,9H,7-8H2,1-4H3,(H2,16,17,19);2-3,6,12H,4-5H2,1H3,(H2,11,13,14);1-2H2;. The van der Waals surface area contributed by atoms with Crippen molar-refractivity contribution in [2.24, 2.45) is 0 Å². The summed E-state index contributed by atoms with van der Waals surface area (Å²) >= 11 is 0. The Balaban J connectivity index is 0.000000378. The third-order valence-electron chi connectivity index (χ3n) is 5.46. The first kappa shape index (κ1) is 40.1. The van der Waals surface area contributed by atoms with Crippen LogP contribution in [0.25, 0.3) is 0 Å². The van der Waals surface area contributed by atoms with Crippen LogP contribution in [0.3, 0.4) is 0 Å². The van der Waals surface area contributed by atoms with Crippen LogP contribution in [0.4, 0.5) is 37.1 Å². The number of fused-ring (bicyclic) bond motifs is 2. The van der Waals surface area contributed by atoms with Crippen LogP contribution in [0, 0.1) is 0 Å². The Morgan fingerprint density at radius 2 is 1.49 bits per heavy atom. The molecule has 0 aliphatic carbocycles. The number of hydrogen-bond donors (Lipinski definition) is 5. The average molecular weight is 633 g/mol. The van der Waals surface area contributed by atoms with Crippen LogP contribution < -0.4 is 41.0 Å². The number of amides is 5. The SMILES string of the molecule is C=C=C=C=C.CNC(=O)Nc1ccc2c(c1)N(C(=O)OC(C)(C)C)CCO2.CNC(=O)Nc1ccc2c(c1)NCCO2.[B][B]B([B])[B]. The topological polar surface area (TPSA) is 142 Å². The van der Waals surface area contributed by atoms with E-state index in [0.717, 1.165) is 23.7 Å². The minimum atomic E-state index is -0.576. The fraction of sp³-hybridized carbons (Fsp3) is 0.333. The second-order valence-corrected chi connectivity index (χ2v) is 10.3. The van der Waals surface area contributed by atoms with E-state index in [9.17, 15) is 14.4 Å². The number of hydrogen-bond acceptors (Lipinski definition) is 7. The maximum absolute atomic E-state index is 12.3. The predicted molar refractivity (Wildman–Crippen MR) is 193 cm³/mol. The molecule has 4 rings (SSSR count). The summed E-state index contributed by atoms with van der Waals surface area (Å²) < 4.78 is 16.4. The summed E-state index contributed by atoms with van der Waals surface area (Å²) in [6, 6.07) is 10.1. The molecule has 0 fully saturated rings. The molecular formula is C30H38B5N6O6. The molecule has 0 saturated heterocycles. The van der Waals surface area contributed by atoms with E-state index in [1.165, 1.54) is 19.0 Å². The Morgan fingerprint density at radius 3 is 1.98 bits per heavy atom. The van der Waals surface area contributed by atoms with Crippen molar-refractivity contribution < 1.29 is 28.6 Å². The zero-order valence-electron chi connectivity index (χ0n) is 27.5. The Kier molecular flexibility index (Phi) is 17.9. The predicted octanol–water partition coefficient (Wildman–Crippen LogP) is 3.18. The first-order valence-corrected chi connectivity index (χ1v) is 14.4. The number of ether oxygens (including phenoxy) is 3. The molecular weight excluding hydrogens is 594 g/mol. The molecule has 239 valence electrons. The first-order chi connectivity index (χ1) is 22.3. The number of urea groups is 2. The monoisotopic (exact) mass is 633 g/mol. The zero-order chi connectivity index (χ0) is 35.4. The molecule has 7 radical (unpaired) electrons. The lowest BCUT2D eigenvalue weighted by atomic mass is 8.97. The van der Waals surface area contributed by atoms with Crippen molar-refractivity contribution in [3.05, 3.63) is 66.7 Å². The van der Waals surface area contributed by atoms with Gasteiger partial charge in [-0.05, 0) is 76.1 Å². The van der Waals surface area contributed by atoms with Gasteiger partial charge < -0.3 is 40.8 Å². The highest BCUT2D eigenvalue weighted by Crippen LogP contribution is 2.35. The Bertz CT molecular complexity index is 1440. The van der Waals surface area contributed by atoms with Crippen LogP contribution in [-0.4, -0.2) is 101 Å². The second-order valence-electron chi connectivity index (χ2n) is 10.3. The lowest BCUT2D eigenvalue weighted by molar-refractivity contribution is 0.0567. The second kappa shape index (κ2) is 21.0. The molecule has 0 bridgehead atoms. The van der Waals surface area contributed by atoms with E-state index in [1.807, 2.05) is 32.9 Å². The molecule has 2 aromatic carbocycles. The summed E-state index contributed by atoms with van der Waals surface area (Å²) in [4.78, 5) is 36.3. The number of carbonyl (C=O) groups excluding carboxylic acids is 3. The molecule has 2 aliphatic heterocycles. The number of nitrogens with zero attached hydrogens (tertiary/aromatic N) is 1. The van der Waals surface area contributed by atoms with Crippen LogP contribution in [0.15, 0.2) is 66.7 Å². The van der Waals surface area contributed by atoms with E-state index in [1.54, 1.807) is 31.3 Å². The first-order valence-electron chi connectivity index (χ1n) is 14.4. The highest BCUT2D eigenvalue weighted by atomic mass is 16.6. The van der Waals surface area contributed by atoms with Gasteiger partial charge in [-0.3, -0.25) is 4.90 Å². The fourth-order valence-electron chi connectivity index (χ4n) is 3.47. The van der Waals surface area contributed by atoms with Gasteiger partial charge in [-0.2, -0.15) is 0 Å². The normalized spacial score (nSPS) is 11.6. The summed E-state index contributed by atoms with van der Waals surface area (Å²) in [7, 11) is 18.9. The summed E-state index contributed by atoms with van der Waals surface area (Å²) in [6.07, 6.45) is -0.899. The van der Waals surface area contributed by atoms with Crippen molar-refractivity contribution in [2.75, 3.05) is 61.2 Å². The van der Waals surface area contributed by atoms with Crippen LogP contribution in [-0.2, 0) is 4.74 Å². The van der Waals surface area contributed by atoms with Gasteiger partial charge >= 0.3 is 18.2 Å². The van der Waals surface area contributed by atoms with Gasteiger partial charge in [-0.15, -0.1) is 0 Å². The molecule has 17 heteroatoms. The van der Waals surface area contributed by atoms with Crippen molar-refractivity contribution in [2.45, 2.75) is 26.4 Å². The zero-order valence-corrected chi connectivity index (χ0v) is 27.5. The van der Waals surface area contributed by atoms with Gasteiger partial charge in [0.25, 0.3) is 0 Å². The molecule has 0 spiro atoms. The van der Waals surface area contributed by atoms with Gasteiger partial charge in [0, 0.05) is 68.7 Å². The quantitative estimate of drug-likeness (QED) is 0.259. The summed E-state index contributed by atoms with van der Waals surface area (Å²) in [5.41, 5.74) is 9.30. The number of benzene rings is 2. The lowest BCUT2D eigenvalue weighted by Gasteiger charge is -2.31. The minimum absolute atomic E-state index is 0.230. The van der Waals surface area contributed by atoms with Crippen LogP contribution >= 0.6 is 0 Å². The molecule has 2 aromatic rings. The van der Waals surface area contributed by atoms with E-state index >= 15 is 0 Å². The van der Waals surface area contributed by atoms with E-state index in [4.69, 9.17) is 37.4 Å². The third-order valence-corrected chi connectivity index (χ3v) is 5.46. The molecule has 5 N–H and O–H groups in total. The van der Waals surface area contributed by atoms with Gasteiger partial charge in [-0.25, -0.2) is 14.4 Å². The molecule has 5 amide bonds. The number of nitrogens with one attached hydrogen (secondary N) is 5. The maximum Gasteiger partial charge on any atom is 0.415 e. The van der Waals surface area contributed by atoms with E-state index < -0.39 is 18.1 Å². The minimum Gasteiger partial charge on any atom is -0.490 e. The number of anilines is 4. The van der Waals surface area contributed by atoms with E-state index in [2.05, 4.69) is 56.9 Å². The average Bonchev–Trinajstić information content (AvgIpc) is 3.04. The maximum atomic E-state index is 12.3. The van der Waals surface area contributed by atoms with Gasteiger partial charge in [0.05, 0.1) is 17.9 Å². The van der Waals surface area contributed by atoms with Gasteiger partial charge in [0.1, 0.15) is 30.3 Å². The third kappa shape index (κ3) is 15.7. The highest BCUT2D eigenvalue weighted by Gasteiger charge is 2.28. The van der Waals surface area contributed by atoms with Crippen molar-refractivity contribution in [3.8, 4) is 11.5 Å². The largest absolute Gasteiger partial charge is 0.490 e. The van der Waals surface area contributed by atoms with Gasteiger partial charge in [0.15, 0.2) is 0 Å². The Hall–Kier alpha value is -4.95. The molecule has 0 aromatic heterocycles. The molecule has 2 aliphatic rings. The molecule has 2 heterocycles. The lowest BCUT2D eigenvalue weighted by Crippen LogP contribution is -2.41. The smallest absolute Gasteiger partial charge is 0.415 e. The van der Waals surface area contributed by atoms with E-state index in [-0.39, 0.29) is 12.1 Å². The van der Waals surface area contributed by atoms with Crippen LogP contribution in [0.5, 0.6) is 11.5 Å². The van der Waals surface area contributed by atoms with Crippen molar-refractivity contribution in [3.63, 3.8) is 0 Å². The van der Waals surface area contributed by atoms with Crippen LogP contribution in [0.2, 0.25) is 0 Å². The molecule has 0 unspecified atom stereocenters. The van der Waals surface area contributed by atoms with Crippen LogP contribution in [0.1, 0.15) is 20.8 Å². The molecule has 0 atom stereocenters. The Labute approximate surface area is 282 Å². The van der Waals surface area contributed by atoms with Crippen molar-refractivity contribution in [1.29, 1.82) is 0 Å². The molecule has 12 nitrogen and oxygen atoms in total. The van der Waals surface area contributed by atoms with Crippen molar-refractivity contribution in [1.82, 2.24) is 10.6 Å². The molecule has 47 heavy (non-hydrogen) atoms. The van der Waals surface area contributed by atoms with E-state index in [0.29, 0.717) is 36.9 Å². The molecule has 0 saturated carbocycles. The summed E-state index contributed by atoms with van der Waals surface area (Å²) in [6.45, 7) is 14.1. The number of rotatable bonds is 3. The number of carbonyl (C=O) groups is 3.